The van der Waals surface area contributed by atoms with Crippen LogP contribution in [0.2, 0.25) is 0 Å². The van der Waals surface area contributed by atoms with Crippen LogP contribution in [0, 0.1) is 5.92 Å². The number of rotatable bonds is 6. The summed E-state index contributed by atoms with van der Waals surface area (Å²) in [6.45, 7) is 3.81. The van der Waals surface area contributed by atoms with E-state index in [2.05, 4.69) is 10.8 Å². The summed E-state index contributed by atoms with van der Waals surface area (Å²) in [6, 6.07) is 15.1. The molecular formula is C28H35N3O5S. The highest BCUT2D eigenvalue weighted by Gasteiger charge is 2.34. The van der Waals surface area contributed by atoms with Crippen LogP contribution in [0.1, 0.15) is 32.6 Å². The summed E-state index contributed by atoms with van der Waals surface area (Å²) in [5.74, 6) is 0.923. The fourth-order valence-corrected chi connectivity index (χ4v) is 6.88. The first kappa shape index (κ1) is 25.8. The van der Waals surface area contributed by atoms with Gasteiger partial charge < -0.3 is 18.9 Å². The number of hydrogen-bond donors (Lipinski definition) is 1. The third-order valence-electron chi connectivity index (χ3n) is 7.76. The number of sulfonamides is 1. The SMILES string of the molecule is COc1ccc(-c2cc3ccc(S(=O)(=O)NC4CCC(C(=O)N5CCOCC5C)CC4)cc3n2C)cc1. The van der Waals surface area contributed by atoms with E-state index in [0.29, 0.717) is 45.4 Å². The monoisotopic (exact) mass is 525 g/mol. The molecule has 0 radical (unpaired) electrons. The Morgan fingerprint density at radius 3 is 2.46 bits per heavy atom. The lowest BCUT2D eigenvalue weighted by Crippen LogP contribution is -2.50. The minimum absolute atomic E-state index is 0.0441. The van der Waals surface area contributed by atoms with Crippen LogP contribution < -0.4 is 9.46 Å². The van der Waals surface area contributed by atoms with Crippen LogP contribution in [0.5, 0.6) is 5.75 Å². The molecule has 2 aliphatic rings. The molecule has 1 aliphatic carbocycles. The van der Waals surface area contributed by atoms with Crippen LogP contribution in [0.3, 0.4) is 0 Å². The first-order chi connectivity index (χ1) is 17.8. The Bertz CT molecular complexity index is 1370. The predicted octanol–water partition coefficient (Wildman–Crippen LogP) is 3.94. The zero-order chi connectivity index (χ0) is 26.2. The van der Waals surface area contributed by atoms with Crippen LogP contribution in [-0.4, -0.2) is 62.7 Å². The lowest BCUT2D eigenvalue weighted by atomic mass is 9.85. The Kier molecular flexibility index (Phi) is 7.29. The fourth-order valence-electron chi connectivity index (χ4n) is 5.55. The Hall–Kier alpha value is -2.88. The third-order valence-corrected chi connectivity index (χ3v) is 9.28. The van der Waals surface area contributed by atoms with Crippen molar-refractivity contribution in [1.82, 2.24) is 14.2 Å². The molecule has 1 atom stereocenters. The summed E-state index contributed by atoms with van der Waals surface area (Å²) < 4.78 is 42.2. The van der Waals surface area contributed by atoms with Crippen molar-refractivity contribution in [2.75, 3.05) is 26.9 Å². The lowest BCUT2D eigenvalue weighted by Gasteiger charge is -2.37. The van der Waals surface area contributed by atoms with Gasteiger partial charge in [0.05, 0.1) is 31.3 Å². The number of fused-ring (bicyclic) bond motifs is 1. The van der Waals surface area contributed by atoms with Gasteiger partial charge in [0.15, 0.2) is 0 Å². The normalized spacial score (nSPS) is 22.8. The molecule has 0 bridgehead atoms. The van der Waals surface area contributed by atoms with Crippen molar-refractivity contribution < 1.29 is 22.7 Å². The van der Waals surface area contributed by atoms with Crippen molar-refractivity contribution >= 4 is 26.8 Å². The average molecular weight is 526 g/mol. The lowest BCUT2D eigenvalue weighted by molar-refractivity contribution is -0.144. The molecular weight excluding hydrogens is 490 g/mol. The Balaban J connectivity index is 1.27. The number of ether oxygens (including phenoxy) is 2. The number of carbonyl (C=O) groups is 1. The van der Waals surface area contributed by atoms with E-state index in [-0.39, 0.29) is 28.8 Å². The molecule has 3 aromatic rings. The summed E-state index contributed by atoms with van der Waals surface area (Å²) in [5.41, 5.74) is 2.88. The molecule has 1 saturated heterocycles. The molecule has 1 N–H and O–H groups in total. The Morgan fingerprint density at radius 2 is 1.78 bits per heavy atom. The molecule has 1 aromatic heterocycles. The molecule has 0 spiro atoms. The number of methoxy groups -OCH3 is 1. The van der Waals surface area contributed by atoms with Crippen LogP contribution in [0.25, 0.3) is 22.2 Å². The molecule has 1 aliphatic heterocycles. The summed E-state index contributed by atoms with van der Waals surface area (Å²) in [7, 11) is -0.110. The van der Waals surface area contributed by atoms with E-state index >= 15 is 0 Å². The number of morpholine rings is 1. The molecule has 1 unspecified atom stereocenters. The summed E-state index contributed by atoms with van der Waals surface area (Å²) in [6.07, 6.45) is 2.70. The summed E-state index contributed by atoms with van der Waals surface area (Å²) in [5, 5.41) is 0.976. The molecule has 1 amide bonds. The predicted molar refractivity (Wildman–Crippen MR) is 143 cm³/mol. The molecule has 1 saturated carbocycles. The van der Waals surface area contributed by atoms with Gasteiger partial charge in [-0.15, -0.1) is 0 Å². The highest BCUT2D eigenvalue weighted by molar-refractivity contribution is 7.89. The van der Waals surface area contributed by atoms with Crippen LogP contribution in [0.15, 0.2) is 53.4 Å². The zero-order valence-corrected chi connectivity index (χ0v) is 22.5. The van der Waals surface area contributed by atoms with Gasteiger partial charge in [-0.25, -0.2) is 13.1 Å². The van der Waals surface area contributed by atoms with Crippen molar-refractivity contribution in [3.63, 3.8) is 0 Å². The standard InChI is InChI=1S/C28H35N3O5S/c1-19-18-36-15-14-31(19)28(32)21-4-9-23(10-5-21)29-37(33,34)25-13-8-22-16-26(30(2)27(22)17-25)20-6-11-24(35-3)12-7-20/h6-8,11-13,16-17,19,21,23,29H,4-5,9-10,14-15,18H2,1-3H3. The second-order valence-corrected chi connectivity index (χ2v) is 11.9. The first-order valence-corrected chi connectivity index (χ1v) is 14.4. The molecule has 8 nitrogen and oxygen atoms in total. The second-order valence-electron chi connectivity index (χ2n) is 10.2. The van der Waals surface area contributed by atoms with Crippen LogP contribution >= 0.6 is 0 Å². The van der Waals surface area contributed by atoms with E-state index in [0.717, 1.165) is 27.9 Å². The Morgan fingerprint density at radius 1 is 1.05 bits per heavy atom. The van der Waals surface area contributed by atoms with Gasteiger partial charge in [0.2, 0.25) is 15.9 Å². The number of nitrogens with one attached hydrogen (secondary N) is 1. The highest BCUT2D eigenvalue weighted by Crippen LogP contribution is 2.31. The smallest absolute Gasteiger partial charge is 0.240 e. The van der Waals surface area contributed by atoms with E-state index in [1.165, 1.54) is 0 Å². The number of nitrogens with zero attached hydrogens (tertiary/aromatic N) is 2. The zero-order valence-electron chi connectivity index (χ0n) is 21.6. The van der Waals surface area contributed by atoms with Crippen LogP contribution in [-0.2, 0) is 26.6 Å². The van der Waals surface area contributed by atoms with Gasteiger partial charge in [0, 0.05) is 42.1 Å². The third kappa shape index (κ3) is 5.26. The van der Waals surface area contributed by atoms with Gasteiger partial charge >= 0.3 is 0 Å². The van der Waals surface area contributed by atoms with E-state index in [9.17, 15) is 13.2 Å². The number of amides is 1. The van der Waals surface area contributed by atoms with E-state index < -0.39 is 10.0 Å². The summed E-state index contributed by atoms with van der Waals surface area (Å²) in [4.78, 5) is 15.2. The van der Waals surface area contributed by atoms with Crippen molar-refractivity contribution in [2.24, 2.45) is 13.0 Å². The van der Waals surface area contributed by atoms with Crippen molar-refractivity contribution in [2.45, 2.75) is 49.6 Å². The van der Waals surface area contributed by atoms with Crippen molar-refractivity contribution in [1.29, 1.82) is 0 Å². The summed E-state index contributed by atoms with van der Waals surface area (Å²) >= 11 is 0. The molecule has 2 fully saturated rings. The number of benzene rings is 2. The highest BCUT2D eigenvalue weighted by atomic mass is 32.2. The number of hydrogen-bond acceptors (Lipinski definition) is 5. The van der Waals surface area contributed by atoms with E-state index in [1.54, 1.807) is 19.2 Å². The first-order valence-electron chi connectivity index (χ1n) is 12.9. The molecule has 5 rings (SSSR count). The number of carbonyl (C=O) groups excluding carboxylic acids is 1. The van der Waals surface area contributed by atoms with E-state index in [4.69, 9.17) is 9.47 Å². The average Bonchev–Trinajstić information content (AvgIpc) is 3.24. The van der Waals surface area contributed by atoms with Gasteiger partial charge in [-0.1, -0.05) is 6.07 Å². The van der Waals surface area contributed by atoms with Crippen molar-refractivity contribution in [3.05, 3.63) is 48.5 Å². The minimum Gasteiger partial charge on any atom is -0.497 e. The van der Waals surface area contributed by atoms with Crippen molar-refractivity contribution in [3.8, 4) is 17.0 Å². The molecule has 37 heavy (non-hydrogen) atoms. The van der Waals surface area contributed by atoms with E-state index in [1.807, 2.05) is 53.8 Å². The number of aromatic nitrogens is 1. The minimum atomic E-state index is -3.69. The number of aryl methyl sites for hydroxylation is 1. The molecule has 2 heterocycles. The molecule has 198 valence electrons. The van der Waals surface area contributed by atoms with Crippen LogP contribution in [0.4, 0.5) is 0 Å². The van der Waals surface area contributed by atoms with Gasteiger partial charge in [0.25, 0.3) is 0 Å². The maximum absolute atomic E-state index is 13.3. The quantitative estimate of drug-likeness (QED) is 0.527. The van der Waals surface area contributed by atoms with Gasteiger partial charge in [-0.05, 0) is 80.6 Å². The topological polar surface area (TPSA) is 89.9 Å². The maximum atomic E-state index is 13.3. The van der Waals surface area contributed by atoms with Gasteiger partial charge in [-0.2, -0.15) is 0 Å². The molecule has 9 heteroatoms. The van der Waals surface area contributed by atoms with Gasteiger partial charge in [0.1, 0.15) is 5.75 Å². The largest absolute Gasteiger partial charge is 0.497 e. The van der Waals surface area contributed by atoms with Gasteiger partial charge in [-0.3, -0.25) is 4.79 Å². The maximum Gasteiger partial charge on any atom is 0.240 e. The molecule has 2 aromatic carbocycles. The second kappa shape index (κ2) is 10.5. The fraction of sp³-hybridized carbons (Fsp3) is 0.464. The Labute approximate surface area is 218 Å².